The molecule has 2 aliphatic rings. The van der Waals surface area contributed by atoms with Crippen LogP contribution < -0.4 is 9.47 Å². The normalized spacial score (nSPS) is 18.0. The smallest absolute Gasteiger partial charge is 0.259 e. The summed E-state index contributed by atoms with van der Waals surface area (Å²) in [7, 11) is 1.81. The van der Waals surface area contributed by atoms with Gasteiger partial charge in [-0.05, 0) is 64.8 Å². The molecule has 0 fully saturated rings. The number of carbonyl (C=O) groups excluding carboxylic acids is 1. The summed E-state index contributed by atoms with van der Waals surface area (Å²) in [5, 5.41) is 0. The molecule has 0 saturated heterocycles. The maximum Gasteiger partial charge on any atom is 0.259 e. The molecule has 2 heterocycles. The van der Waals surface area contributed by atoms with Crippen LogP contribution in [0.5, 0.6) is 11.5 Å². The van der Waals surface area contributed by atoms with E-state index in [4.69, 9.17) is 14.5 Å². The van der Waals surface area contributed by atoms with Gasteiger partial charge in [0.25, 0.3) is 5.91 Å². The zero-order valence-electron chi connectivity index (χ0n) is 18.7. The summed E-state index contributed by atoms with van der Waals surface area (Å²) in [6.45, 7) is 10.9. The van der Waals surface area contributed by atoms with Crippen LogP contribution in [-0.2, 0) is 12.8 Å². The number of nitrogens with zero attached hydrogens (tertiary/aromatic N) is 2. The van der Waals surface area contributed by atoms with Gasteiger partial charge in [0.15, 0.2) is 11.5 Å². The largest absolute Gasteiger partial charge is 0.490 e. The standard InChI is InChI=1S/C25H30N2O3/c1-7-29-19-13-17-14-24(2,3)26-22(20(17)18-15-25(4,5)30-21(18)19)27(6)23(28)16-11-9-8-10-12-16/h8-13H,7,14-15H2,1-6H3. The molecule has 30 heavy (non-hydrogen) atoms. The van der Waals surface area contributed by atoms with E-state index in [1.54, 1.807) is 4.90 Å². The van der Waals surface area contributed by atoms with E-state index in [0.29, 0.717) is 18.0 Å². The topological polar surface area (TPSA) is 51.1 Å². The van der Waals surface area contributed by atoms with E-state index in [-0.39, 0.29) is 17.0 Å². The zero-order valence-corrected chi connectivity index (χ0v) is 18.7. The number of fused-ring (bicyclic) bond motifs is 3. The van der Waals surface area contributed by atoms with Gasteiger partial charge in [0.1, 0.15) is 11.4 Å². The summed E-state index contributed by atoms with van der Waals surface area (Å²) in [5.74, 6) is 2.20. The van der Waals surface area contributed by atoms with Gasteiger partial charge in [-0.1, -0.05) is 18.2 Å². The molecule has 0 aliphatic carbocycles. The zero-order chi connectivity index (χ0) is 21.7. The molecule has 2 aliphatic heterocycles. The van der Waals surface area contributed by atoms with Crippen molar-refractivity contribution in [2.45, 2.75) is 58.6 Å². The summed E-state index contributed by atoms with van der Waals surface area (Å²) in [6, 6.07) is 11.4. The number of hydrogen-bond acceptors (Lipinski definition) is 4. The number of ether oxygens (including phenoxy) is 2. The van der Waals surface area contributed by atoms with Crippen molar-refractivity contribution in [3.05, 3.63) is 58.7 Å². The number of carbonyl (C=O) groups is 1. The van der Waals surface area contributed by atoms with Gasteiger partial charge >= 0.3 is 0 Å². The Morgan fingerprint density at radius 2 is 1.87 bits per heavy atom. The van der Waals surface area contributed by atoms with Gasteiger partial charge in [-0.15, -0.1) is 0 Å². The van der Waals surface area contributed by atoms with Gasteiger partial charge in [-0.25, -0.2) is 0 Å². The SMILES string of the molecule is CCOc1cc2c(c3c1OC(C)(C)C3)C(N(C)C(=O)c1ccccc1)=NC(C)(C)C2. The minimum Gasteiger partial charge on any atom is -0.490 e. The fourth-order valence-corrected chi connectivity index (χ4v) is 4.41. The summed E-state index contributed by atoms with van der Waals surface area (Å²) in [6.07, 6.45) is 1.53. The molecule has 1 amide bonds. The molecule has 0 aromatic heterocycles. The molecule has 0 atom stereocenters. The molecular weight excluding hydrogens is 376 g/mol. The number of rotatable bonds is 3. The van der Waals surface area contributed by atoms with E-state index in [0.717, 1.165) is 41.0 Å². The van der Waals surface area contributed by atoms with E-state index >= 15 is 0 Å². The lowest BCUT2D eigenvalue weighted by Gasteiger charge is -2.34. The first-order valence-corrected chi connectivity index (χ1v) is 10.6. The fourth-order valence-electron chi connectivity index (χ4n) is 4.41. The van der Waals surface area contributed by atoms with Gasteiger partial charge in [-0.3, -0.25) is 14.7 Å². The number of aliphatic imine (C=N–C) groups is 1. The van der Waals surface area contributed by atoms with E-state index < -0.39 is 0 Å². The van der Waals surface area contributed by atoms with Crippen LogP contribution in [0.2, 0.25) is 0 Å². The van der Waals surface area contributed by atoms with Crippen LogP contribution in [-0.4, -0.2) is 41.4 Å². The molecule has 0 N–H and O–H groups in total. The van der Waals surface area contributed by atoms with E-state index in [1.807, 2.05) is 44.3 Å². The van der Waals surface area contributed by atoms with Crippen molar-refractivity contribution < 1.29 is 14.3 Å². The predicted octanol–water partition coefficient (Wildman–Crippen LogP) is 4.65. The van der Waals surface area contributed by atoms with E-state index in [1.165, 1.54) is 0 Å². The molecule has 0 saturated carbocycles. The average molecular weight is 407 g/mol. The van der Waals surface area contributed by atoms with E-state index in [9.17, 15) is 4.79 Å². The molecule has 158 valence electrons. The monoisotopic (exact) mass is 406 g/mol. The van der Waals surface area contributed by atoms with Crippen molar-refractivity contribution in [2.75, 3.05) is 13.7 Å². The van der Waals surface area contributed by atoms with Gasteiger partial charge in [0, 0.05) is 30.2 Å². The molecular formula is C25H30N2O3. The van der Waals surface area contributed by atoms with Crippen molar-refractivity contribution in [1.29, 1.82) is 0 Å². The molecule has 0 unspecified atom stereocenters. The quantitative estimate of drug-likeness (QED) is 0.745. The summed E-state index contributed by atoms with van der Waals surface area (Å²) >= 11 is 0. The lowest BCUT2D eigenvalue weighted by Crippen LogP contribution is -2.41. The third kappa shape index (κ3) is 3.57. The number of amides is 1. The second kappa shape index (κ2) is 7.15. The van der Waals surface area contributed by atoms with Gasteiger partial charge in [-0.2, -0.15) is 0 Å². The molecule has 5 nitrogen and oxygen atoms in total. The van der Waals surface area contributed by atoms with Crippen LogP contribution in [0.4, 0.5) is 0 Å². The number of hydrogen-bond donors (Lipinski definition) is 0. The van der Waals surface area contributed by atoms with Crippen LogP contribution in [0.1, 0.15) is 61.7 Å². The number of amidine groups is 1. The minimum absolute atomic E-state index is 0.0705. The molecule has 0 spiro atoms. The molecule has 2 aromatic carbocycles. The van der Waals surface area contributed by atoms with Crippen LogP contribution >= 0.6 is 0 Å². The maximum atomic E-state index is 13.3. The fraction of sp³-hybridized carbons (Fsp3) is 0.440. The predicted molar refractivity (Wildman–Crippen MR) is 119 cm³/mol. The van der Waals surface area contributed by atoms with Gasteiger partial charge in [0.05, 0.1) is 12.1 Å². The lowest BCUT2D eigenvalue weighted by molar-refractivity contribution is 0.0870. The highest BCUT2D eigenvalue weighted by Gasteiger charge is 2.41. The third-order valence-electron chi connectivity index (χ3n) is 5.61. The maximum absolute atomic E-state index is 13.3. The Morgan fingerprint density at radius 3 is 2.53 bits per heavy atom. The first-order valence-electron chi connectivity index (χ1n) is 10.6. The highest BCUT2D eigenvalue weighted by atomic mass is 16.5. The van der Waals surface area contributed by atoms with Crippen LogP contribution in [0.3, 0.4) is 0 Å². The van der Waals surface area contributed by atoms with Crippen molar-refractivity contribution in [1.82, 2.24) is 4.90 Å². The molecule has 5 heteroatoms. The Kier molecular flexibility index (Phi) is 4.88. The van der Waals surface area contributed by atoms with Gasteiger partial charge in [0.2, 0.25) is 0 Å². The van der Waals surface area contributed by atoms with Crippen LogP contribution in [0, 0.1) is 0 Å². The average Bonchev–Trinajstić information content (AvgIpc) is 3.01. The molecule has 0 bridgehead atoms. The highest BCUT2D eigenvalue weighted by Crippen LogP contribution is 2.47. The Hall–Kier alpha value is -2.82. The number of benzene rings is 2. The molecule has 4 rings (SSSR count). The Balaban J connectivity index is 1.87. The van der Waals surface area contributed by atoms with Crippen molar-refractivity contribution >= 4 is 11.7 Å². The van der Waals surface area contributed by atoms with Crippen LogP contribution in [0.15, 0.2) is 41.4 Å². The van der Waals surface area contributed by atoms with Crippen molar-refractivity contribution in [2.24, 2.45) is 4.99 Å². The van der Waals surface area contributed by atoms with Gasteiger partial charge < -0.3 is 9.47 Å². The summed E-state index contributed by atoms with van der Waals surface area (Å²) in [5.41, 5.74) is 3.25. The lowest BCUT2D eigenvalue weighted by atomic mass is 9.84. The highest BCUT2D eigenvalue weighted by molar-refractivity contribution is 6.14. The minimum atomic E-state index is -0.330. The summed E-state index contributed by atoms with van der Waals surface area (Å²) in [4.78, 5) is 20.0. The summed E-state index contributed by atoms with van der Waals surface area (Å²) < 4.78 is 12.2. The molecule has 0 radical (unpaired) electrons. The Bertz CT molecular complexity index is 1020. The second-order valence-corrected chi connectivity index (χ2v) is 9.34. The van der Waals surface area contributed by atoms with Crippen molar-refractivity contribution in [3.63, 3.8) is 0 Å². The Morgan fingerprint density at radius 1 is 1.17 bits per heavy atom. The van der Waals surface area contributed by atoms with Crippen molar-refractivity contribution in [3.8, 4) is 11.5 Å². The first kappa shape index (κ1) is 20.5. The van der Waals surface area contributed by atoms with E-state index in [2.05, 4.69) is 33.8 Å². The Labute approximate surface area is 178 Å². The third-order valence-corrected chi connectivity index (χ3v) is 5.61. The molecule has 2 aromatic rings. The van der Waals surface area contributed by atoms with Crippen LogP contribution in [0.25, 0.3) is 0 Å². The second-order valence-electron chi connectivity index (χ2n) is 9.34. The first-order chi connectivity index (χ1) is 14.1.